The molecule has 0 atom stereocenters. The Balaban J connectivity index is 2.03. The smallest absolute Gasteiger partial charge is 0.134 e. The highest BCUT2D eigenvalue weighted by Crippen LogP contribution is 2.31. The van der Waals surface area contributed by atoms with Crippen molar-refractivity contribution in [3.05, 3.63) is 29.5 Å². The maximum Gasteiger partial charge on any atom is 0.134 e. The molecule has 22 heavy (non-hydrogen) atoms. The van der Waals surface area contributed by atoms with E-state index in [0.29, 0.717) is 5.75 Å². The average Bonchev–Trinajstić information content (AvgIpc) is 2.85. The maximum atomic E-state index is 9.74. The topological polar surface area (TPSA) is 33.4 Å². The van der Waals surface area contributed by atoms with E-state index in [-0.39, 0.29) is 0 Å². The minimum Gasteiger partial charge on any atom is -0.508 e. The molecule has 0 aliphatic carbocycles. The van der Waals surface area contributed by atoms with Gasteiger partial charge in [0.1, 0.15) is 17.1 Å². The summed E-state index contributed by atoms with van der Waals surface area (Å²) in [6.45, 7) is 4.47. The number of rotatable bonds is 10. The molecule has 2 aromatic rings. The number of hydrogen-bond acceptors (Lipinski definition) is 2. The fraction of sp³-hybridized carbons (Fsp3) is 0.600. The van der Waals surface area contributed by atoms with Crippen molar-refractivity contribution in [2.75, 3.05) is 0 Å². The van der Waals surface area contributed by atoms with Crippen molar-refractivity contribution in [3.8, 4) is 5.75 Å². The average molecular weight is 302 g/mol. The maximum absolute atomic E-state index is 9.74. The summed E-state index contributed by atoms with van der Waals surface area (Å²) in [7, 11) is 0. The van der Waals surface area contributed by atoms with E-state index in [9.17, 15) is 5.11 Å². The molecule has 2 nitrogen and oxygen atoms in total. The van der Waals surface area contributed by atoms with Crippen LogP contribution in [0.2, 0.25) is 0 Å². The Morgan fingerprint density at radius 3 is 2.36 bits per heavy atom. The van der Waals surface area contributed by atoms with Gasteiger partial charge in [-0.25, -0.2) is 0 Å². The zero-order valence-electron chi connectivity index (χ0n) is 14.2. The minimum atomic E-state index is 0.331. The van der Waals surface area contributed by atoms with E-state index in [1.165, 1.54) is 56.9 Å². The first-order valence-corrected chi connectivity index (χ1v) is 8.99. The predicted octanol–water partition coefficient (Wildman–Crippen LogP) is 6.38. The second-order valence-electron chi connectivity index (χ2n) is 6.31. The molecule has 1 aromatic carbocycles. The fourth-order valence-electron chi connectivity index (χ4n) is 3.08. The molecule has 0 saturated carbocycles. The second kappa shape index (κ2) is 8.87. The number of hydrogen-bond donors (Lipinski definition) is 1. The van der Waals surface area contributed by atoms with Crippen molar-refractivity contribution < 1.29 is 9.52 Å². The highest BCUT2D eigenvalue weighted by Gasteiger charge is 2.14. The molecule has 0 spiro atoms. The van der Waals surface area contributed by atoms with E-state index in [4.69, 9.17) is 4.42 Å². The molecule has 0 aliphatic heterocycles. The van der Waals surface area contributed by atoms with Crippen LogP contribution in [-0.2, 0) is 12.8 Å². The quantitative estimate of drug-likeness (QED) is 0.516. The van der Waals surface area contributed by atoms with Crippen LogP contribution in [0.4, 0.5) is 0 Å². The Kier molecular flexibility index (Phi) is 6.82. The predicted molar refractivity (Wildman–Crippen MR) is 93.6 cm³/mol. The number of unbranched alkanes of at least 4 members (excludes halogenated alkanes) is 6. The number of aryl methyl sites for hydroxylation is 2. The molecule has 0 bridgehead atoms. The summed E-state index contributed by atoms with van der Waals surface area (Å²) in [4.78, 5) is 0. The van der Waals surface area contributed by atoms with Crippen molar-refractivity contribution >= 4 is 11.0 Å². The molecule has 0 saturated heterocycles. The molecule has 1 N–H and O–H groups in total. The van der Waals surface area contributed by atoms with E-state index in [1.807, 2.05) is 12.1 Å². The van der Waals surface area contributed by atoms with E-state index >= 15 is 0 Å². The molecule has 0 fully saturated rings. The van der Waals surface area contributed by atoms with Crippen LogP contribution in [0.3, 0.4) is 0 Å². The molecule has 1 aromatic heterocycles. The van der Waals surface area contributed by atoms with Gasteiger partial charge in [0.05, 0.1) is 0 Å². The highest BCUT2D eigenvalue weighted by atomic mass is 16.3. The van der Waals surface area contributed by atoms with Crippen molar-refractivity contribution in [2.24, 2.45) is 0 Å². The zero-order chi connectivity index (χ0) is 15.8. The van der Waals surface area contributed by atoms with Gasteiger partial charge in [-0.3, -0.25) is 0 Å². The molecule has 0 aliphatic rings. The lowest BCUT2D eigenvalue weighted by Crippen LogP contribution is -1.92. The van der Waals surface area contributed by atoms with Gasteiger partial charge in [-0.2, -0.15) is 0 Å². The largest absolute Gasteiger partial charge is 0.508 e. The number of benzene rings is 1. The van der Waals surface area contributed by atoms with Crippen LogP contribution in [0.15, 0.2) is 22.6 Å². The van der Waals surface area contributed by atoms with Crippen LogP contribution in [0, 0.1) is 0 Å². The lowest BCUT2D eigenvalue weighted by atomic mass is 10.0. The van der Waals surface area contributed by atoms with Crippen molar-refractivity contribution in [1.29, 1.82) is 0 Å². The Labute approximate surface area is 134 Å². The molecular formula is C20H30O2. The lowest BCUT2D eigenvalue weighted by Gasteiger charge is -2.03. The van der Waals surface area contributed by atoms with Crippen LogP contribution < -0.4 is 0 Å². The van der Waals surface area contributed by atoms with Gasteiger partial charge < -0.3 is 9.52 Å². The molecular weight excluding hydrogens is 272 g/mol. The van der Waals surface area contributed by atoms with Crippen molar-refractivity contribution in [2.45, 2.75) is 78.1 Å². The van der Waals surface area contributed by atoms with E-state index in [1.54, 1.807) is 6.07 Å². The van der Waals surface area contributed by atoms with Gasteiger partial charge in [-0.05, 0) is 37.5 Å². The summed E-state index contributed by atoms with van der Waals surface area (Å²) in [5, 5.41) is 10.9. The van der Waals surface area contributed by atoms with Gasteiger partial charge in [-0.1, -0.05) is 52.4 Å². The third-order valence-electron chi connectivity index (χ3n) is 4.40. The highest BCUT2D eigenvalue weighted by molar-refractivity contribution is 5.83. The summed E-state index contributed by atoms with van der Waals surface area (Å²) >= 11 is 0. The van der Waals surface area contributed by atoms with Crippen LogP contribution in [0.25, 0.3) is 11.0 Å². The summed E-state index contributed by atoms with van der Waals surface area (Å²) in [6.07, 6.45) is 12.3. The molecule has 2 rings (SSSR count). The Bertz CT molecular complexity index is 568. The Morgan fingerprint density at radius 1 is 0.864 bits per heavy atom. The van der Waals surface area contributed by atoms with Crippen LogP contribution in [0.5, 0.6) is 5.75 Å². The monoisotopic (exact) mass is 302 g/mol. The summed E-state index contributed by atoms with van der Waals surface area (Å²) in [5.74, 6) is 1.47. The van der Waals surface area contributed by atoms with Crippen LogP contribution in [-0.4, -0.2) is 5.11 Å². The number of fused-ring (bicyclic) bond motifs is 1. The minimum absolute atomic E-state index is 0.331. The molecule has 2 heteroatoms. The SMILES string of the molecule is CCCCCCCCc1oc2ccc(O)cc2c1CCCC. The number of aromatic hydroxyl groups is 1. The summed E-state index contributed by atoms with van der Waals surface area (Å²) in [6, 6.07) is 5.46. The number of phenols is 1. The van der Waals surface area contributed by atoms with E-state index in [2.05, 4.69) is 13.8 Å². The van der Waals surface area contributed by atoms with E-state index in [0.717, 1.165) is 29.6 Å². The van der Waals surface area contributed by atoms with Gasteiger partial charge in [0.15, 0.2) is 0 Å². The van der Waals surface area contributed by atoms with E-state index < -0.39 is 0 Å². The lowest BCUT2D eigenvalue weighted by molar-refractivity contribution is 0.475. The van der Waals surface area contributed by atoms with Gasteiger partial charge in [-0.15, -0.1) is 0 Å². The van der Waals surface area contributed by atoms with Crippen LogP contribution in [0.1, 0.15) is 76.5 Å². The fourth-order valence-corrected chi connectivity index (χ4v) is 3.08. The summed E-state index contributed by atoms with van der Waals surface area (Å²) in [5.41, 5.74) is 2.24. The first kappa shape index (κ1) is 16.9. The third-order valence-corrected chi connectivity index (χ3v) is 4.40. The Hall–Kier alpha value is -1.44. The number of furan rings is 1. The molecule has 122 valence electrons. The van der Waals surface area contributed by atoms with Crippen molar-refractivity contribution in [1.82, 2.24) is 0 Å². The van der Waals surface area contributed by atoms with Crippen molar-refractivity contribution in [3.63, 3.8) is 0 Å². The molecule has 0 unspecified atom stereocenters. The number of phenolic OH excluding ortho intramolecular Hbond substituents is 1. The first-order valence-electron chi connectivity index (χ1n) is 8.99. The van der Waals surface area contributed by atoms with Gasteiger partial charge in [0.2, 0.25) is 0 Å². The summed E-state index contributed by atoms with van der Waals surface area (Å²) < 4.78 is 6.07. The Morgan fingerprint density at radius 2 is 1.59 bits per heavy atom. The normalized spacial score (nSPS) is 11.4. The second-order valence-corrected chi connectivity index (χ2v) is 6.31. The zero-order valence-corrected chi connectivity index (χ0v) is 14.2. The van der Waals surface area contributed by atoms with Gasteiger partial charge in [0, 0.05) is 17.4 Å². The molecule has 0 radical (unpaired) electrons. The molecule has 1 heterocycles. The first-order chi connectivity index (χ1) is 10.8. The molecule has 0 amide bonds. The van der Waals surface area contributed by atoms with Gasteiger partial charge >= 0.3 is 0 Å². The standard InChI is InChI=1S/C20H30O2/c1-3-5-7-8-9-10-12-19-17(11-6-4-2)18-15-16(21)13-14-20(18)22-19/h13-15,21H,3-12H2,1-2H3. The van der Waals surface area contributed by atoms with Crippen LogP contribution >= 0.6 is 0 Å². The third kappa shape index (κ3) is 4.53. The van der Waals surface area contributed by atoms with Gasteiger partial charge in [0.25, 0.3) is 0 Å².